The summed E-state index contributed by atoms with van der Waals surface area (Å²) in [4.78, 5) is -0.353. The third-order valence-corrected chi connectivity index (χ3v) is 5.70. The maximum Gasteiger partial charge on any atom is 0.246 e. The van der Waals surface area contributed by atoms with Crippen molar-refractivity contribution in [3.8, 4) is 0 Å². The van der Waals surface area contributed by atoms with Gasteiger partial charge in [-0.2, -0.15) is 4.31 Å². The van der Waals surface area contributed by atoms with E-state index in [1.807, 2.05) is 6.92 Å². The zero-order valence-corrected chi connectivity index (χ0v) is 13.0. The lowest BCUT2D eigenvalue weighted by Crippen LogP contribution is -2.39. The molecular weight excluding hydrogens is 335 g/mol. The molecule has 2 N–H and O–H groups in total. The molecule has 0 amide bonds. The van der Waals surface area contributed by atoms with E-state index >= 15 is 0 Å². The van der Waals surface area contributed by atoms with E-state index in [-0.39, 0.29) is 21.0 Å². The first-order chi connectivity index (χ1) is 8.82. The van der Waals surface area contributed by atoms with Crippen LogP contribution in [-0.4, -0.2) is 25.8 Å². The summed E-state index contributed by atoms with van der Waals surface area (Å²) < 4.78 is 40.4. The van der Waals surface area contributed by atoms with E-state index in [9.17, 15) is 12.8 Å². The quantitative estimate of drug-likeness (QED) is 0.833. The molecule has 4 nitrogen and oxygen atoms in total. The van der Waals surface area contributed by atoms with Crippen LogP contribution in [0.4, 0.5) is 10.1 Å². The summed E-state index contributed by atoms with van der Waals surface area (Å²) in [7, 11) is -3.82. The molecule has 0 spiro atoms. The maximum atomic E-state index is 14.0. The molecule has 106 valence electrons. The van der Waals surface area contributed by atoms with Crippen molar-refractivity contribution in [1.82, 2.24) is 4.31 Å². The van der Waals surface area contributed by atoms with Gasteiger partial charge in [0.15, 0.2) is 5.82 Å². The Bertz CT molecular complexity index is 592. The molecule has 1 unspecified atom stereocenters. The van der Waals surface area contributed by atoms with Crippen LogP contribution in [0.3, 0.4) is 0 Å². The predicted octanol–water partition coefficient (Wildman–Crippen LogP) is 2.59. The van der Waals surface area contributed by atoms with Gasteiger partial charge in [-0.25, -0.2) is 12.8 Å². The Morgan fingerprint density at radius 1 is 1.47 bits per heavy atom. The molecule has 1 fully saturated rings. The fourth-order valence-corrected chi connectivity index (χ4v) is 4.60. The van der Waals surface area contributed by atoms with Crippen LogP contribution in [-0.2, 0) is 10.0 Å². The van der Waals surface area contributed by atoms with Crippen LogP contribution in [0.1, 0.15) is 19.8 Å². The van der Waals surface area contributed by atoms with Gasteiger partial charge in [-0.1, -0.05) is 6.92 Å². The first-order valence-corrected chi connectivity index (χ1v) is 8.30. The highest BCUT2D eigenvalue weighted by Gasteiger charge is 2.31. The highest BCUT2D eigenvalue weighted by atomic mass is 79.9. The van der Waals surface area contributed by atoms with Crippen molar-refractivity contribution in [2.24, 2.45) is 5.92 Å². The third-order valence-electron chi connectivity index (χ3n) is 3.25. The van der Waals surface area contributed by atoms with E-state index in [1.165, 1.54) is 16.4 Å². The zero-order chi connectivity index (χ0) is 14.2. The van der Waals surface area contributed by atoms with Crippen LogP contribution in [0.5, 0.6) is 0 Å². The number of benzene rings is 1. The summed E-state index contributed by atoms with van der Waals surface area (Å²) >= 11 is 2.99. The first-order valence-electron chi connectivity index (χ1n) is 6.07. The van der Waals surface area contributed by atoms with E-state index in [2.05, 4.69) is 15.9 Å². The van der Waals surface area contributed by atoms with Gasteiger partial charge in [-0.3, -0.25) is 0 Å². The van der Waals surface area contributed by atoms with Gasteiger partial charge in [0.1, 0.15) is 4.90 Å². The maximum absolute atomic E-state index is 14.0. The normalized spacial score (nSPS) is 21.5. The van der Waals surface area contributed by atoms with Crippen molar-refractivity contribution in [1.29, 1.82) is 0 Å². The summed E-state index contributed by atoms with van der Waals surface area (Å²) in [6.45, 7) is 2.85. The van der Waals surface area contributed by atoms with Gasteiger partial charge >= 0.3 is 0 Å². The lowest BCUT2D eigenvalue weighted by atomic mass is 10.0. The van der Waals surface area contributed by atoms with Crippen LogP contribution in [0, 0.1) is 11.7 Å². The highest BCUT2D eigenvalue weighted by Crippen LogP contribution is 2.30. The molecule has 1 saturated heterocycles. The molecule has 2 rings (SSSR count). The van der Waals surface area contributed by atoms with Crippen LogP contribution in [0.15, 0.2) is 21.5 Å². The van der Waals surface area contributed by atoms with Gasteiger partial charge in [-0.05, 0) is 46.8 Å². The van der Waals surface area contributed by atoms with Gasteiger partial charge in [0.25, 0.3) is 0 Å². The second kappa shape index (κ2) is 5.38. The van der Waals surface area contributed by atoms with Crippen molar-refractivity contribution in [2.75, 3.05) is 18.8 Å². The first kappa shape index (κ1) is 14.7. The fraction of sp³-hybridized carbons (Fsp3) is 0.500. The number of nitrogens with zero attached hydrogens (tertiary/aromatic N) is 1. The summed E-state index contributed by atoms with van der Waals surface area (Å²) in [6.07, 6.45) is 1.79. The largest absolute Gasteiger partial charge is 0.399 e. The molecule has 0 radical (unpaired) electrons. The molecule has 0 aliphatic carbocycles. The molecule has 0 saturated carbocycles. The Balaban J connectivity index is 2.45. The predicted molar refractivity (Wildman–Crippen MR) is 75.7 cm³/mol. The van der Waals surface area contributed by atoms with Crippen molar-refractivity contribution in [3.05, 3.63) is 22.4 Å². The zero-order valence-electron chi connectivity index (χ0n) is 10.6. The summed E-state index contributed by atoms with van der Waals surface area (Å²) in [5.41, 5.74) is 5.82. The van der Waals surface area contributed by atoms with Crippen LogP contribution in [0.2, 0.25) is 0 Å². The number of nitrogen functional groups attached to an aromatic ring is 1. The second-order valence-corrected chi connectivity index (χ2v) is 7.69. The minimum atomic E-state index is -3.82. The Hall–Kier alpha value is -0.660. The number of rotatable bonds is 2. The fourth-order valence-electron chi connectivity index (χ4n) is 2.28. The molecule has 1 atom stereocenters. The Morgan fingerprint density at radius 2 is 2.16 bits per heavy atom. The minimum absolute atomic E-state index is 0.0659. The van der Waals surface area contributed by atoms with Crippen LogP contribution < -0.4 is 5.73 Å². The number of halogens is 2. The molecular formula is C12H16BrFN2O2S. The van der Waals surface area contributed by atoms with Gasteiger partial charge in [0.2, 0.25) is 10.0 Å². The molecule has 1 aromatic rings. The van der Waals surface area contributed by atoms with Crippen LogP contribution >= 0.6 is 15.9 Å². The highest BCUT2D eigenvalue weighted by molar-refractivity contribution is 9.10. The van der Waals surface area contributed by atoms with E-state index in [0.717, 1.165) is 12.8 Å². The average molecular weight is 351 g/mol. The lowest BCUT2D eigenvalue weighted by molar-refractivity contribution is 0.280. The van der Waals surface area contributed by atoms with E-state index < -0.39 is 15.8 Å². The van der Waals surface area contributed by atoms with Crippen LogP contribution in [0.25, 0.3) is 0 Å². The number of piperidine rings is 1. The van der Waals surface area contributed by atoms with Crippen molar-refractivity contribution >= 4 is 31.6 Å². The third kappa shape index (κ3) is 2.93. The van der Waals surface area contributed by atoms with Gasteiger partial charge in [0, 0.05) is 18.8 Å². The topological polar surface area (TPSA) is 63.4 Å². The van der Waals surface area contributed by atoms with E-state index in [4.69, 9.17) is 5.73 Å². The number of hydrogen-bond donors (Lipinski definition) is 1. The Labute approximate surface area is 121 Å². The molecule has 19 heavy (non-hydrogen) atoms. The molecule has 1 aliphatic rings. The Kier molecular flexibility index (Phi) is 4.17. The summed E-state index contributed by atoms with van der Waals surface area (Å²) in [6, 6.07) is 2.53. The van der Waals surface area contributed by atoms with Crippen molar-refractivity contribution in [3.63, 3.8) is 0 Å². The van der Waals surface area contributed by atoms with Crippen molar-refractivity contribution in [2.45, 2.75) is 24.7 Å². The van der Waals surface area contributed by atoms with E-state index in [1.54, 1.807) is 0 Å². The van der Waals surface area contributed by atoms with Gasteiger partial charge in [-0.15, -0.1) is 0 Å². The molecule has 1 aliphatic heterocycles. The van der Waals surface area contributed by atoms with Gasteiger partial charge < -0.3 is 5.73 Å². The van der Waals surface area contributed by atoms with Crippen molar-refractivity contribution < 1.29 is 12.8 Å². The molecule has 1 heterocycles. The number of sulfonamides is 1. The lowest BCUT2D eigenvalue weighted by Gasteiger charge is -2.30. The molecule has 0 bridgehead atoms. The Morgan fingerprint density at radius 3 is 2.79 bits per heavy atom. The second-order valence-electron chi connectivity index (χ2n) is 4.93. The van der Waals surface area contributed by atoms with Gasteiger partial charge in [0.05, 0.1) is 4.47 Å². The monoisotopic (exact) mass is 350 g/mol. The SMILES string of the molecule is CC1CCCN(S(=O)(=O)c2cc(N)cc(Br)c2F)C1. The smallest absolute Gasteiger partial charge is 0.246 e. The van der Waals surface area contributed by atoms with E-state index in [0.29, 0.717) is 13.1 Å². The molecule has 7 heteroatoms. The standard InChI is InChI=1S/C12H16BrFN2O2S/c1-8-3-2-4-16(7-8)19(17,18)11-6-9(15)5-10(13)12(11)14/h5-6,8H,2-4,7,15H2,1H3. The molecule has 1 aromatic carbocycles. The molecule has 0 aromatic heterocycles. The average Bonchev–Trinajstić information content (AvgIpc) is 2.33. The summed E-state index contributed by atoms with van der Waals surface area (Å²) in [5.74, 6) is -0.497. The minimum Gasteiger partial charge on any atom is -0.399 e. The number of anilines is 1. The number of hydrogen-bond acceptors (Lipinski definition) is 3. The summed E-state index contributed by atoms with van der Waals surface area (Å²) in [5, 5.41) is 0. The number of nitrogens with two attached hydrogens (primary N) is 1.